The first-order valence-electron chi connectivity index (χ1n) is 4.89. The molecule has 0 bridgehead atoms. The molecule has 0 aliphatic carbocycles. The average Bonchev–Trinajstić information content (AvgIpc) is 2.39. The molecular formula is C10H7BrN4O4S. The Kier molecular flexibility index (Phi) is 5.48. The van der Waals surface area contributed by atoms with Crippen LogP contribution in [-0.2, 0) is 0 Å². The molecule has 2 N–H and O–H groups in total. The van der Waals surface area contributed by atoms with Crippen molar-refractivity contribution in [2.45, 2.75) is 0 Å². The van der Waals surface area contributed by atoms with Gasteiger partial charge in [-0.2, -0.15) is 5.26 Å². The minimum atomic E-state index is -1.29. The number of rotatable bonds is 3. The van der Waals surface area contributed by atoms with Gasteiger partial charge >= 0.3 is 5.97 Å². The number of halogens is 1. The zero-order valence-electron chi connectivity index (χ0n) is 9.95. The van der Waals surface area contributed by atoms with Crippen LogP contribution < -0.4 is 5.32 Å². The number of nitrogens with one attached hydrogen (secondary N) is 1. The van der Waals surface area contributed by atoms with Crippen LogP contribution in [0.25, 0.3) is 0 Å². The monoisotopic (exact) mass is 358 g/mol. The first-order valence-corrected chi connectivity index (χ1v) is 6.91. The Balaban J connectivity index is 3.50. The van der Waals surface area contributed by atoms with E-state index >= 15 is 0 Å². The van der Waals surface area contributed by atoms with E-state index in [9.17, 15) is 14.9 Å². The molecule has 104 valence electrons. The van der Waals surface area contributed by atoms with Crippen molar-refractivity contribution < 1.29 is 14.8 Å². The van der Waals surface area contributed by atoms with E-state index in [4.69, 9.17) is 10.4 Å². The van der Waals surface area contributed by atoms with Gasteiger partial charge in [-0.3, -0.25) is 15.4 Å². The lowest BCUT2D eigenvalue weighted by atomic mass is 10.2. The number of carboxylic acids is 1. The lowest BCUT2D eigenvalue weighted by Crippen LogP contribution is -2.12. The van der Waals surface area contributed by atoms with Gasteiger partial charge in [0.25, 0.3) is 5.69 Å². The van der Waals surface area contributed by atoms with E-state index in [1.165, 1.54) is 6.07 Å². The van der Waals surface area contributed by atoms with Gasteiger partial charge in [0, 0.05) is 6.07 Å². The summed E-state index contributed by atoms with van der Waals surface area (Å²) in [6.45, 7) is 0. The lowest BCUT2D eigenvalue weighted by Gasteiger charge is -2.05. The SMILES string of the molecule is CSC(=Nc1c(Br)cc(C(=O)O)cc1[N+](=O)[O-])NC#N. The van der Waals surface area contributed by atoms with Gasteiger partial charge in [0.1, 0.15) is 0 Å². The summed E-state index contributed by atoms with van der Waals surface area (Å²) >= 11 is 4.13. The number of benzene rings is 1. The van der Waals surface area contributed by atoms with Gasteiger partial charge < -0.3 is 5.11 Å². The molecule has 0 saturated heterocycles. The smallest absolute Gasteiger partial charge is 0.335 e. The summed E-state index contributed by atoms with van der Waals surface area (Å²) in [7, 11) is 0. The van der Waals surface area contributed by atoms with Gasteiger partial charge in [0.15, 0.2) is 17.0 Å². The molecule has 0 amide bonds. The van der Waals surface area contributed by atoms with Gasteiger partial charge in [0.05, 0.1) is 15.0 Å². The summed E-state index contributed by atoms with van der Waals surface area (Å²) in [5, 5.41) is 30.8. The molecule has 1 rings (SSSR count). The highest BCUT2D eigenvalue weighted by Crippen LogP contribution is 2.37. The van der Waals surface area contributed by atoms with Crippen molar-refractivity contribution in [2.75, 3.05) is 6.26 Å². The van der Waals surface area contributed by atoms with E-state index in [0.29, 0.717) is 0 Å². The van der Waals surface area contributed by atoms with E-state index in [2.05, 4.69) is 26.2 Å². The molecule has 0 spiro atoms. The minimum Gasteiger partial charge on any atom is -0.478 e. The lowest BCUT2D eigenvalue weighted by molar-refractivity contribution is -0.384. The third kappa shape index (κ3) is 3.69. The number of aliphatic imine (C=N–C) groups is 1. The fraction of sp³-hybridized carbons (Fsp3) is 0.100. The van der Waals surface area contributed by atoms with Crippen molar-refractivity contribution >= 4 is 50.2 Å². The van der Waals surface area contributed by atoms with Crippen molar-refractivity contribution in [3.8, 4) is 6.19 Å². The molecule has 1 aromatic carbocycles. The number of hydrogen-bond acceptors (Lipinski definition) is 6. The molecule has 0 radical (unpaired) electrons. The fourth-order valence-corrected chi connectivity index (χ4v) is 2.10. The van der Waals surface area contributed by atoms with Crippen LogP contribution in [0.15, 0.2) is 21.6 Å². The summed E-state index contributed by atoms with van der Waals surface area (Å²) < 4.78 is 0.149. The van der Waals surface area contributed by atoms with Crippen molar-refractivity contribution in [3.05, 3.63) is 32.3 Å². The first-order chi connectivity index (χ1) is 9.40. The number of nitriles is 1. The maximum atomic E-state index is 11.0. The summed E-state index contributed by atoms with van der Waals surface area (Å²) in [6, 6.07) is 2.12. The number of carbonyl (C=O) groups is 1. The van der Waals surface area contributed by atoms with Crippen LogP contribution in [0.5, 0.6) is 0 Å². The van der Waals surface area contributed by atoms with Crippen LogP contribution in [0.1, 0.15) is 10.4 Å². The van der Waals surface area contributed by atoms with E-state index in [1.54, 1.807) is 12.4 Å². The minimum absolute atomic E-state index is 0.0629. The Morgan fingerprint density at radius 2 is 2.30 bits per heavy atom. The number of thioether (sulfide) groups is 1. The molecule has 1 aromatic rings. The predicted octanol–water partition coefficient (Wildman–Crippen LogP) is 2.48. The maximum Gasteiger partial charge on any atom is 0.335 e. The Bertz CT molecular complexity index is 641. The molecular weight excluding hydrogens is 352 g/mol. The zero-order chi connectivity index (χ0) is 15.3. The van der Waals surface area contributed by atoms with Gasteiger partial charge in [-0.05, 0) is 28.3 Å². The van der Waals surface area contributed by atoms with Crippen molar-refractivity contribution in [1.29, 1.82) is 5.26 Å². The number of nitro benzene ring substituents is 1. The molecule has 8 nitrogen and oxygen atoms in total. The molecule has 0 unspecified atom stereocenters. The van der Waals surface area contributed by atoms with E-state index in [1.807, 2.05) is 0 Å². The summed E-state index contributed by atoms with van der Waals surface area (Å²) in [5.41, 5.74) is -0.767. The number of nitrogens with zero attached hydrogens (tertiary/aromatic N) is 3. The third-order valence-corrected chi connectivity index (χ3v) is 3.24. The van der Waals surface area contributed by atoms with Crippen LogP contribution >= 0.6 is 27.7 Å². The summed E-state index contributed by atoms with van der Waals surface area (Å²) in [6.07, 6.45) is 3.29. The highest BCUT2D eigenvalue weighted by molar-refractivity contribution is 9.10. The van der Waals surface area contributed by atoms with Gasteiger partial charge in [0.2, 0.25) is 0 Å². The second-order valence-corrected chi connectivity index (χ2v) is 4.90. The Hall–Kier alpha value is -2.12. The number of carboxylic acid groups (broad SMARTS) is 1. The van der Waals surface area contributed by atoms with Crippen molar-refractivity contribution in [3.63, 3.8) is 0 Å². The molecule has 20 heavy (non-hydrogen) atoms. The van der Waals surface area contributed by atoms with Gasteiger partial charge in [-0.1, -0.05) is 11.8 Å². The quantitative estimate of drug-likeness (QED) is 0.212. The van der Waals surface area contributed by atoms with Crippen LogP contribution in [0.3, 0.4) is 0 Å². The third-order valence-electron chi connectivity index (χ3n) is 2.06. The fourth-order valence-electron chi connectivity index (χ4n) is 1.23. The Morgan fingerprint density at radius 3 is 2.75 bits per heavy atom. The molecule has 10 heteroatoms. The van der Waals surface area contributed by atoms with Crippen LogP contribution in [-0.4, -0.2) is 27.4 Å². The summed E-state index contributed by atoms with van der Waals surface area (Å²) in [5.74, 6) is -1.29. The van der Waals surface area contributed by atoms with E-state index in [0.717, 1.165) is 17.8 Å². The second-order valence-electron chi connectivity index (χ2n) is 3.25. The van der Waals surface area contributed by atoms with Crippen molar-refractivity contribution in [2.24, 2.45) is 4.99 Å². The Morgan fingerprint density at radius 1 is 1.65 bits per heavy atom. The zero-order valence-corrected chi connectivity index (χ0v) is 12.4. The molecule has 0 fully saturated rings. The standard InChI is InChI=1S/C10H7BrN4O4S/c1-20-10(13-4-12)14-8-6(11)2-5(9(16)17)3-7(8)15(18)19/h2-3H,1H3,(H,13,14)(H,16,17). The van der Waals surface area contributed by atoms with Crippen LogP contribution in [0.4, 0.5) is 11.4 Å². The largest absolute Gasteiger partial charge is 0.478 e. The van der Waals surface area contributed by atoms with E-state index in [-0.39, 0.29) is 20.9 Å². The highest BCUT2D eigenvalue weighted by atomic mass is 79.9. The molecule has 0 aliphatic rings. The first kappa shape index (κ1) is 15.9. The van der Waals surface area contributed by atoms with E-state index < -0.39 is 16.6 Å². The number of hydrogen-bond donors (Lipinski definition) is 2. The average molecular weight is 359 g/mol. The normalized spacial score (nSPS) is 10.8. The molecule has 0 saturated carbocycles. The van der Waals surface area contributed by atoms with Gasteiger partial charge in [-0.15, -0.1) is 0 Å². The Labute approximate surface area is 125 Å². The number of amidine groups is 1. The van der Waals surface area contributed by atoms with Gasteiger partial charge in [-0.25, -0.2) is 9.79 Å². The number of aromatic carboxylic acids is 1. The maximum absolute atomic E-state index is 11.0. The molecule has 0 aliphatic heterocycles. The predicted molar refractivity (Wildman–Crippen MR) is 77.1 cm³/mol. The molecule has 0 heterocycles. The summed E-state index contributed by atoms with van der Waals surface area (Å²) in [4.78, 5) is 25.1. The van der Waals surface area contributed by atoms with Crippen LogP contribution in [0.2, 0.25) is 0 Å². The molecule has 0 aromatic heterocycles. The topological polar surface area (TPSA) is 129 Å². The second kappa shape index (κ2) is 6.88. The molecule has 0 atom stereocenters. The number of nitro groups is 1. The van der Waals surface area contributed by atoms with Crippen molar-refractivity contribution in [1.82, 2.24) is 5.32 Å². The highest BCUT2D eigenvalue weighted by Gasteiger charge is 2.21. The van der Waals surface area contributed by atoms with Crippen LogP contribution in [0, 0.1) is 21.6 Å².